The van der Waals surface area contributed by atoms with Crippen molar-refractivity contribution in [3.63, 3.8) is 0 Å². The first-order valence-corrected chi connectivity index (χ1v) is 4.52. The monoisotopic (exact) mass is 167 g/mol. The average molecular weight is 167 g/mol. The molecule has 1 heterocycles. The molecule has 0 radical (unpaired) electrons. The summed E-state index contributed by atoms with van der Waals surface area (Å²) in [6, 6.07) is 2.29. The van der Waals surface area contributed by atoms with Crippen LogP contribution in [0.4, 0.5) is 0 Å². The Hall–Kier alpha value is -0.830. The van der Waals surface area contributed by atoms with Gasteiger partial charge in [-0.15, -0.1) is 0 Å². The maximum atomic E-state index is 5.63. The predicted molar refractivity (Wildman–Crippen MR) is 49.7 cm³/mol. The highest BCUT2D eigenvalue weighted by Gasteiger charge is 1.94. The Kier molecular flexibility index (Phi) is 3.80. The summed E-state index contributed by atoms with van der Waals surface area (Å²) in [6.45, 7) is 3.06. The largest absolute Gasteiger partial charge is 0.328 e. The van der Waals surface area contributed by atoms with E-state index >= 15 is 0 Å². The summed E-state index contributed by atoms with van der Waals surface area (Å²) < 4.78 is 1.96. The molecule has 3 nitrogen and oxygen atoms in total. The molecule has 0 spiro atoms. The Bertz CT molecular complexity index is 192. The number of aryl methyl sites for hydroxylation is 1. The van der Waals surface area contributed by atoms with Crippen LogP contribution in [0.1, 0.15) is 26.2 Å². The van der Waals surface area contributed by atoms with Crippen LogP contribution in [-0.4, -0.2) is 15.8 Å². The van der Waals surface area contributed by atoms with Gasteiger partial charge in [-0.3, -0.25) is 4.68 Å². The first-order chi connectivity index (χ1) is 5.79. The van der Waals surface area contributed by atoms with Crippen LogP contribution in [-0.2, 0) is 6.54 Å². The number of nitrogens with zero attached hydrogens (tertiary/aromatic N) is 2. The van der Waals surface area contributed by atoms with Crippen molar-refractivity contribution in [3.8, 4) is 0 Å². The molecule has 12 heavy (non-hydrogen) atoms. The van der Waals surface area contributed by atoms with Crippen molar-refractivity contribution in [2.24, 2.45) is 5.73 Å². The van der Waals surface area contributed by atoms with Gasteiger partial charge in [-0.1, -0.05) is 6.42 Å². The van der Waals surface area contributed by atoms with Crippen LogP contribution in [0.25, 0.3) is 0 Å². The second-order valence-corrected chi connectivity index (χ2v) is 3.24. The molecular weight excluding hydrogens is 150 g/mol. The lowest BCUT2D eigenvalue weighted by atomic mass is 10.1. The number of unbranched alkanes of at least 4 members (excludes halogenated alkanes) is 1. The second kappa shape index (κ2) is 4.93. The van der Waals surface area contributed by atoms with Crippen LogP contribution in [0.2, 0.25) is 0 Å². The van der Waals surface area contributed by atoms with E-state index in [1.54, 1.807) is 0 Å². The van der Waals surface area contributed by atoms with Gasteiger partial charge >= 0.3 is 0 Å². The zero-order valence-corrected chi connectivity index (χ0v) is 7.61. The summed E-state index contributed by atoms with van der Waals surface area (Å²) in [6.07, 6.45) is 7.28. The molecule has 0 saturated carbocycles. The normalized spacial score (nSPS) is 13.2. The van der Waals surface area contributed by atoms with Crippen LogP contribution in [0.3, 0.4) is 0 Å². The van der Waals surface area contributed by atoms with Crippen LogP contribution in [0.15, 0.2) is 18.5 Å². The van der Waals surface area contributed by atoms with Gasteiger partial charge in [0.15, 0.2) is 0 Å². The number of aromatic nitrogens is 2. The number of rotatable bonds is 5. The minimum absolute atomic E-state index is 0.336. The SMILES string of the molecule is C[C@H](N)CCCCn1cccn1. The van der Waals surface area contributed by atoms with Crippen molar-refractivity contribution in [2.75, 3.05) is 0 Å². The molecule has 0 fully saturated rings. The molecular formula is C9H17N3. The number of hydrogen-bond acceptors (Lipinski definition) is 2. The molecule has 3 heteroatoms. The van der Waals surface area contributed by atoms with E-state index in [2.05, 4.69) is 5.10 Å². The Morgan fingerprint density at radius 3 is 2.92 bits per heavy atom. The van der Waals surface area contributed by atoms with Crippen molar-refractivity contribution < 1.29 is 0 Å². The van der Waals surface area contributed by atoms with Gasteiger partial charge in [-0.25, -0.2) is 0 Å². The lowest BCUT2D eigenvalue weighted by Crippen LogP contribution is -2.14. The van der Waals surface area contributed by atoms with Crippen molar-refractivity contribution in [1.82, 2.24) is 9.78 Å². The van der Waals surface area contributed by atoms with Crippen LogP contribution >= 0.6 is 0 Å². The van der Waals surface area contributed by atoms with Crippen LogP contribution < -0.4 is 5.73 Å². The van der Waals surface area contributed by atoms with Gasteiger partial charge < -0.3 is 5.73 Å². The molecule has 1 rings (SSSR count). The molecule has 68 valence electrons. The molecule has 1 aromatic rings. The minimum Gasteiger partial charge on any atom is -0.328 e. The van der Waals surface area contributed by atoms with E-state index in [0.29, 0.717) is 6.04 Å². The predicted octanol–water partition coefficient (Wildman–Crippen LogP) is 1.40. The number of nitrogens with two attached hydrogens (primary N) is 1. The minimum atomic E-state index is 0.336. The van der Waals surface area contributed by atoms with Gasteiger partial charge in [0.05, 0.1) is 0 Å². The highest BCUT2D eigenvalue weighted by molar-refractivity contribution is 4.77. The van der Waals surface area contributed by atoms with Gasteiger partial charge in [-0.2, -0.15) is 5.10 Å². The molecule has 0 bridgehead atoms. The average Bonchev–Trinajstić information content (AvgIpc) is 2.49. The quantitative estimate of drug-likeness (QED) is 0.674. The van der Waals surface area contributed by atoms with E-state index in [0.717, 1.165) is 13.0 Å². The van der Waals surface area contributed by atoms with Crippen LogP contribution in [0, 0.1) is 0 Å². The Labute approximate surface area is 73.6 Å². The molecule has 0 aliphatic carbocycles. The van der Waals surface area contributed by atoms with Crippen molar-refractivity contribution in [1.29, 1.82) is 0 Å². The zero-order chi connectivity index (χ0) is 8.81. The first-order valence-electron chi connectivity index (χ1n) is 4.52. The Morgan fingerprint density at radius 2 is 2.33 bits per heavy atom. The van der Waals surface area contributed by atoms with E-state index in [4.69, 9.17) is 5.73 Å². The van der Waals surface area contributed by atoms with E-state index in [1.165, 1.54) is 12.8 Å². The van der Waals surface area contributed by atoms with E-state index in [1.807, 2.05) is 30.1 Å². The lowest BCUT2D eigenvalue weighted by Gasteiger charge is -2.04. The highest BCUT2D eigenvalue weighted by atomic mass is 15.3. The fraction of sp³-hybridized carbons (Fsp3) is 0.667. The molecule has 0 aromatic carbocycles. The van der Waals surface area contributed by atoms with Crippen molar-refractivity contribution in [3.05, 3.63) is 18.5 Å². The Balaban J connectivity index is 2.04. The maximum Gasteiger partial charge on any atom is 0.0489 e. The molecule has 0 aliphatic heterocycles. The van der Waals surface area contributed by atoms with Crippen molar-refractivity contribution >= 4 is 0 Å². The standard InChI is InChI=1S/C9H17N3/c1-9(10)5-2-3-7-12-8-4-6-11-12/h4,6,8-9H,2-3,5,7,10H2,1H3/t9-/m0/s1. The maximum absolute atomic E-state index is 5.63. The molecule has 0 unspecified atom stereocenters. The molecule has 0 saturated heterocycles. The third-order valence-electron chi connectivity index (χ3n) is 1.86. The van der Waals surface area contributed by atoms with Gasteiger partial charge in [0, 0.05) is 25.0 Å². The third-order valence-corrected chi connectivity index (χ3v) is 1.86. The van der Waals surface area contributed by atoms with E-state index in [9.17, 15) is 0 Å². The lowest BCUT2D eigenvalue weighted by molar-refractivity contribution is 0.521. The third kappa shape index (κ3) is 3.53. The highest BCUT2D eigenvalue weighted by Crippen LogP contribution is 2.00. The topological polar surface area (TPSA) is 43.8 Å². The van der Waals surface area contributed by atoms with Gasteiger partial charge in [-0.05, 0) is 25.8 Å². The summed E-state index contributed by atoms with van der Waals surface area (Å²) in [5.41, 5.74) is 5.63. The van der Waals surface area contributed by atoms with Gasteiger partial charge in [0.2, 0.25) is 0 Å². The summed E-state index contributed by atoms with van der Waals surface area (Å²) >= 11 is 0. The summed E-state index contributed by atoms with van der Waals surface area (Å²) in [4.78, 5) is 0. The summed E-state index contributed by atoms with van der Waals surface area (Å²) in [5.74, 6) is 0. The summed E-state index contributed by atoms with van der Waals surface area (Å²) in [7, 11) is 0. The molecule has 1 aromatic heterocycles. The van der Waals surface area contributed by atoms with Crippen LogP contribution in [0.5, 0.6) is 0 Å². The van der Waals surface area contributed by atoms with E-state index < -0.39 is 0 Å². The van der Waals surface area contributed by atoms with E-state index in [-0.39, 0.29) is 0 Å². The molecule has 0 amide bonds. The first kappa shape index (κ1) is 9.26. The Morgan fingerprint density at radius 1 is 1.50 bits per heavy atom. The van der Waals surface area contributed by atoms with Gasteiger partial charge in [0.25, 0.3) is 0 Å². The fourth-order valence-corrected chi connectivity index (χ4v) is 1.17. The smallest absolute Gasteiger partial charge is 0.0489 e. The van der Waals surface area contributed by atoms with Gasteiger partial charge in [0.1, 0.15) is 0 Å². The zero-order valence-electron chi connectivity index (χ0n) is 7.61. The second-order valence-electron chi connectivity index (χ2n) is 3.24. The molecule has 1 atom stereocenters. The fourth-order valence-electron chi connectivity index (χ4n) is 1.17. The summed E-state index contributed by atoms with van der Waals surface area (Å²) in [5, 5.41) is 4.12. The van der Waals surface area contributed by atoms with Crippen molar-refractivity contribution in [2.45, 2.75) is 38.8 Å². The number of hydrogen-bond donors (Lipinski definition) is 1. The molecule has 0 aliphatic rings. The molecule has 2 N–H and O–H groups in total.